The van der Waals surface area contributed by atoms with Crippen LogP contribution in [0.25, 0.3) is 0 Å². The first-order chi connectivity index (χ1) is 4.12. The summed E-state index contributed by atoms with van der Waals surface area (Å²) in [5.41, 5.74) is 0.429. The fourth-order valence-electron chi connectivity index (χ4n) is 1.76. The lowest BCUT2D eigenvalue weighted by molar-refractivity contribution is 0.215. The van der Waals surface area contributed by atoms with Crippen molar-refractivity contribution >= 4 is 15.4 Å². The van der Waals surface area contributed by atoms with Crippen LogP contribution in [0.2, 0.25) is 0 Å². The van der Waals surface area contributed by atoms with Crippen LogP contribution in [-0.4, -0.2) is 34.7 Å². The van der Waals surface area contributed by atoms with Crippen molar-refractivity contribution in [1.29, 1.82) is 0 Å². The molecule has 2 rings (SSSR count). The summed E-state index contributed by atoms with van der Waals surface area (Å²) in [5.74, 6) is 5.39. The average molecular weight is 145 g/mol. The molecular formula is C6H11NOS. The van der Waals surface area contributed by atoms with Crippen LogP contribution >= 0.6 is 0 Å². The molecule has 0 bridgehead atoms. The monoisotopic (exact) mass is 145 g/mol. The molecule has 0 radical (unpaired) electrons. The molecule has 2 aliphatic rings. The first kappa shape index (κ1) is 5.74. The highest BCUT2D eigenvalue weighted by Crippen LogP contribution is 2.35. The summed E-state index contributed by atoms with van der Waals surface area (Å²) in [5, 5.41) is 3.19. The number of rotatable bonds is 0. The fourth-order valence-corrected chi connectivity index (χ4v) is 4.31. The minimum absolute atomic E-state index is 0.429. The lowest BCUT2D eigenvalue weighted by Crippen LogP contribution is -2.66. The van der Waals surface area contributed by atoms with Gasteiger partial charge >= 0.3 is 0 Å². The maximum Gasteiger partial charge on any atom is 0.0248 e. The Kier molecular flexibility index (Phi) is 0.860. The van der Waals surface area contributed by atoms with E-state index in [1.807, 2.05) is 0 Å². The molecule has 0 aromatic carbocycles. The van der Waals surface area contributed by atoms with E-state index in [0.29, 0.717) is 5.41 Å². The van der Waals surface area contributed by atoms with E-state index in [1.54, 1.807) is 0 Å². The molecule has 0 aliphatic carbocycles. The Labute approximate surface area is 55.6 Å². The molecule has 9 heavy (non-hydrogen) atoms. The van der Waals surface area contributed by atoms with Gasteiger partial charge in [0.05, 0.1) is 0 Å². The third-order valence-corrected chi connectivity index (χ3v) is 4.42. The Balaban J connectivity index is 2.12. The second-order valence-corrected chi connectivity index (χ2v) is 5.87. The van der Waals surface area contributed by atoms with Crippen molar-refractivity contribution in [1.82, 2.24) is 5.32 Å². The average Bonchev–Trinajstić information content (AvgIpc) is 1.54. The van der Waals surface area contributed by atoms with Gasteiger partial charge in [-0.15, -0.1) is 0 Å². The third-order valence-electron chi connectivity index (χ3n) is 2.14. The summed E-state index contributed by atoms with van der Waals surface area (Å²) >= 11 is 0. The first-order valence-electron chi connectivity index (χ1n) is 3.15. The van der Waals surface area contributed by atoms with E-state index in [0.717, 1.165) is 24.6 Å². The second-order valence-electron chi connectivity index (χ2n) is 3.36. The zero-order valence-electron chi connectivity index (χ0n) is 5.35. The van der Waals surface area contributed by atoms with Crippen molar-refractivity contribution in [2.24, 2.45) is 5.41 Å². The molecule has 0 atom stereocenters. The van der Waals surface area contributed by atoms with Crippen LogP contribution in [0.15, 0.2) is 0 Å². The molecule has 0 unspecified atom stereocenters. The van der Waals surface area contributed by atoms with Gasteiger partial charge in [0, 0.05) is 30.0 Å². The fraction of sp³-hybridized carbons (Fsp3) is 0.833. The largest absolute Gasteiger partial charge is 0.315 e. The van der Waals surface area contributed by atoms with Crippen molar-refractivity contribution in [3.8, 4) is 0 Å². The minimum atomic E-state index is -1.59. The normalized spacial score (nSPS) is 35.1. The summed E-state index contributed by atoms with van der Waals surface area (Å²) in [4.78, 5) is 0. The van der Waals surface area contributed by atoms with Gasteiger partial charge in [-0.05, 0) is 15.4 Å². The van der Waals surface area contributed by atoms with Crippen molar-refractivity contribution in [2.45, 2.75) is 0 Å². The highest BCUT2D eigenvalue weighted by atomic mass is 32.2. The second kappa shape index (κ2) is 1.35. The van der Waals surface area contributed by atoms with Gasteiger partial charge in [-0.2, -0.15) is 0 Å². The van der Waals surface area contributed by atoms with Crippen LogP contribution in [0.1, 0.15) is 0 Å². The predicted molar refractivity (Wildman–Crippen MR) is 40.3 cm³/mol. The third kappa shape index (κ3) is 0.715. The molecular weight excluding hydrogens is 134 g/mol. The first-order valence-corrected chi connectivity index (χ1v) is 5.22. The number of hydrogen-bond donors (Lipinski definition) is 1. The molecule has 2 aliphatic heterocycles. The van der Waals surface area contributed by atoms with Crippen LogP contribution in [0, 0.1) is 5.41 Å². The van der Waals surface area contributed by atoms with E-state index in [9.17, 15) is 4.21 Å². The van der Waals surface area contributed by atoms with Crippen LogP contribution in [0.4, 0.5) is 0 Å². The standard InChI is InChI=1S/C6H11NOS/c1-9(8)4-6(5-9)2-7-3-6/h7H,1-5H2. The number of nitrogens with one attached hydrogen (secondary N) is 1. The van der Waals surface area contributed by atoms with Gasteiger partial charge in [0.25, 0.3) is 0 Å². The van der Waals surface area contributed by atoms with Crippen LogP contribution in [0.3, 0.4) is 0 Å². The highest BCUT2D eigenvalue weighted by Gasteiger charge is 2.48. The molecule has 2 fully saturated rings. The lowest BCUT2D eigenvalue weighted by Gasteiger charge is -2.51. The van der Waals surface area contributed by atoms with E-state index < -0.39 is 9.52 Å². The zero-order chi connectivity index (χ0) is 6.54. The van der Waals surface area contributed by atoms with Gasteiger partial charge in [-0.3, -0.25) is 4.21 Å². The van der Waals surface area contributed by atoms with Gasteiger partial charge in [-0.1, -0.05) is 0 Å². The molecule has 0 aromatic heterocycles. The van der Waals surface area contributed by atoms with E-state index in [1.165, 1.54) is 0 Å². The SMILES string of the molecule is C=S1(=O)CC2(CNC2)C1. The highest BCUT2D eigenvalue weighted by molar-refractivity contribution is 8.01. The molecule has 1 N–H and O–H groups in total. The maximum absolute atomic E-state index is 11.1. The molecule has 0 aromatic rings. The summed E-state index contributed by atoms with van der Waals surface area (Å²) in [6, 6.07) is 0. The van der Waals surface area contributed by atoms with Crippen LogP contribution < -0.4 is 5.32 Å². The Bertz CT molecular complexity index is 211. The van der Waals surface area contributed by atoms with E-state index in [4.69, 9.17) is 0 Å². The van der Waals surface area contributed by atoms with Crippen molar-refractivity contribution in [3.05, 3.63) is 0 Å². The van der Waals surface area contributed by atoms with Gasteiger partial charge in [-0.25, -0.2) is 0 Å². The lowest BCUT2D eigenvalue weighted by atomic mass is 9.85. The summed E-state index contributed by atoms with van der Waals surface area (Å²) in [6.07, 6.45) is 0. The van der Waals surface area contributed by atoms with Crippen molar-refractivity contribution in [3.63, 3.8) is 0 Å². The predicted octanol–water partition coefficient (Wildman–Crippen LogP) is -0.694. The Morgan fingerprint density at radius 2 is 2.00 bits per heavy atom. The van der Waals surface area contributed by atoms with Crippen LogP contribution in [0.5, 0.6) is 0 Å². The molecule has 2 nitrogen and oxygen atoms in total. The van der Waals surface area contributed by atoms with Gasteiger partial charge in [0.2, 0.25) is 0 Å². The molecule has 2 saturated heterocycles. The summed E-state index contributed by atoms with van der Waals surface area (Å²) < 4.78 is 11.1. The smallest absolute Gasteiger partial charge is 0.0248 e. The Morgan fingerprint density at radius 3 is 2.11 bits per heavy atom. The number of hydrogen-bond acceptors (Lipinski definition) is 2. The molecule has 0 saturated carbocycles. The summed E-state index contributed by atoms with van der Waals surface area (Å²) in [7, 11) is -1.59. The van der Waals surface area contributed by atoms with E-state index in [-0.39, 0.29) is 0 Å². The molecule has 2 heterocycles. The minimum Gasteiger partial charge on any atom is -0.315 e. The van der Waals surface area contributed by atoms with Crippen molar-refractivity contribution in [2.75, 3.05) is 24.6 Å². The Morgan fingerprint density at radius 1 is 1.44 bits per heavy atom. The molecule has 1 spiro atoms. The Hall–Kier alpha value is -0.0200. The molecule has 3 heteroatoms. The van der Waals surface area contributed by atoms with Gasteiger partial charge < -0.3 is 5.32 Å². The van der Waals surface area contributed by atoms with E-state index in [2.05, 4.69) is 11.2 Å². The van der Waals surface area contributed by atoms with Gasteiger partial charge in [0.15, 0.2) is 0 Å². The van der Waals surface area contributed by atoms with Crippen LogP contribution in [-0.2, 0) is 9.52 Å². The molecule has 52 valence electrons. The quantitative estimate of drug-likeness (QED) is 0.457. The topological polar surface area (TPSA) is 29.1 Å². The maximum atomic E-state index is 11.1. The molecule has 0 amide bonds. The van der Waals surface area contributed by atoms with E-state index >= 15 is 0 Å². The van der Waals surface area contributed by atoms with Gasteiger partial charge in [0.1, 0.15) is 0 Å². The summed E-state index contributed by atoms with van der Waals surface area (Å²) in [6.45, 7) is 2.14. The van der Waals surface area contributed by atoms with Crippen molar-refractivity contribution < 1.29 is 4.21 Å². The zero-order valence-corrected chi connectivity index (χ0v) is 6.17.